The van der Waals surface area contributed by atoms with E-state index in [4.69, 9.17) is 0 Å². The van der Waals surface area contributed by atoms with Crippen LogP contribution in [0.1, 0.15) is 41.3 Å². The van der Waals surface area contributed by atoms with Crippen LogP contribution in [0.3, 0.4) is 0 Å². The van der Waals surface area contributed by atoms with Crippen molar-refractivity contribution in [2.45, 2.75) is 33.6 Å². The van der Waals surface area contributed by atoms with E-state index < -0.39 is 0 Å². The average molecular weight is 231 g/mol. The van der Waals surface area contributed by atoms with Crippen molar-refractivity contribution < 1.29 is 4.79 Å². The molecule has 2 rings (SSSR count). The lowest BCUT2D eigenvalue weighted by molar-refractivity contribution is 0.0682. The van der Waals surface area contributed by atoms with Crippen molar-refractivity contribution in [3.63, 3.8) is 0 Å². The third kappa shape index (κ3) is 2.51. The van der Waals surface area contributed by atoms with E-state index in [-0.39, 0.29) is 5.91 Å². The Kier molecular flexibility index (Phi) is 3.51. The van der Waals surface area contributed by atoms with Crippen molar-refractivity contribution in [2.75, 3.05) is 13.1 Å². The maximum Gasteiger partial charge on any atom is 0.254 e. The summed E-state index contributed by atoms with van der Waals surface area (Å²) in [6, 6.07) is 5.98. The van der Waals surface area contributed by atoms with Gasteiger partial charge in [0.1, 0.15) is 0 Å². The molecule has 1 amide bonds. The van der Waals surface area contributed by atoms with Crippen molar-refractivity contribution in [1.82, 2.24) is 4.90 Å². The SMILES string of the molecule is Cc1cccc(C(=O)N2CCCC(C)C2)c1C. The molecule has 1 atom stereocenters. The molecule has 1 aromatic carbocycles. The lowest BCUT2D eigenvalue weighted by Gasteiger charge is -2.31. The summed E-state index contributed by atoms with van der Waals surface area (Å²) in [6.45, 7) is 8.15. The number of benzene rings is 1. The standard InChI is InChI=1S/C15H21NO/c1-11-6-5-9-16(10-11)15(17)14-8-4-7-12(2)13(14)3/h4,7-8,11H,5-6,9-10H2,1-3H3. The predicted molar refractivity (Wildman–Crippen MR) is 70.2 cm³/mol. The van der Waals surface area contributed by atoms with Gasteiger partial charge in [-0.1, -0.05) is 19.1 Å². The van der Waals surface area contributed by atoms with Gasteiger partial charge in [0.2, 0.25) is 0 Å². The van der Waals surface area contributed by atoms with E-state index in [0.717, 1.165) is 30.6 Å². The lowest BCUT2D eigenvalue weighted by atomic mass is 9.97. The number of likely N-dealkylation sites (tertiary alicyclic amines) is 1. The summed E-state index contributed by atoms with van der Waals surface area (Å²) >= 11 is 0. The van der Waals surface area contributed by atoms with Gasteiger partial charge in [0, 0.05) is 18.7 Å². The molecule has 1 aliphatic rings. The first-order valence-electron chi connectivity index (χ1n) is 6.45. The number of rotatable bonds is 1. The zero-order valence-corrected chi connectivity index (χ0v) is 11.0. The Hall–Kier alpha value is -1.31. The molecule has 1 saturated heterocycles. The highest BCUT2D eigenvalue weighted by Crippen LogP contribution is 2.20. The molecule has 17 heavy (non-hydrogen) atoms. The Labute approximate surface area is 104 Å². The molecule has 1 aromatic rings. The number of amides is 1. The quantitative estimate of drug-likeness (QED) is 0.727. The van der Waals surface area contributed by atoms with Gasteiger partial charge in [-0.15, -0.1) is 0 Å². The molecule has 0 saturated carbocycles. The van der Waals surface area contributed by atoms with E-state index in [2.05, 4.69) is 19.9 Å². The third-order valence-electron chi connectivity index (χ3n) is 3.78. The van der Waals surface area contributed by atoms with Gasteiger partial charge in [-0.3, -0.25) is 4.79 Å². The molecule has 1 aliphatic heterocycles. The zero-order chi connectivity index (χ0) is 12.4. The minimum atomic E-state index is 0.206. The van der Waals surface area contributed by atoms with Gasteiger partial charge in [0.05, 0.1) is 0 Å². The van der Waals surface area contributed by atoms with Crippen molar-refractivity contribution in [3.05, 3.63) is 34.9 Å². The second kappa shape index (κ2) is 4.91. The molecule has 92 valence electrons. The van der Waals surface area contributed by atoms with Crippen molar-refractivity contribution in [2.24, 2.45) is 5.92 Å². The first-order chi connectivity index (χ1) is 8.09. The van der Waals surface area contributed by atoms with Gasteiger partial charge in [-0.05, 0) is 49.8 Å². The van der Waals surface area contributed by atoms with Crippen LogP contribution in [-0.4, -0.2) is 23.9 Å². The summed E-state index contributed by atoms with van der Waals surface area (Å²) < 4.78 is 0. The fourth-order valence-electron chi connectivity index (χ4n) is 2.53. The zero-order valence-electron chi connectivity index (χ0n) is 11.0. The van der Waals surface area contributed by atoms with E-state index in [0.29, 0.717) is 5.92 Å². The smallest absolute Gasteiger partial charge is 0.254 e. The fraction of sp³-hybridized carbons (Fsp3) is 0.533. The molecule has 1 unspecified atom stereocenters. The summed E-state index contributed by atoms with van der Waals surface area (Å²) in [5.41, 5.74) is 3.19. The molecular weight excluding hydrogens is 210 g/mol. The van der Waals surface area contributed by atoms with Gasteiger partial charge < -0.3 is 4.90 Å². The van der Waals surface area contributed by atoms with Gasteiger partial charge in [0.25, 0.3) is 5.91 Å². The first-order valence-corrected chi connectivity index (χ1v) is 6.45. The van der Waals surface area contributed by atoms with Crippen LogP contribution in [0.5, 0.6) is 0 Å². The minimum Gasteiger partial charge on any atom is -0.338 e. The van der Waals surface area contributed by atoms with Crippen LogP contribution in [0.2, 0.25) is 0 Å². The molecule has 0 bridgehead atoms. The number of carbonyl (C=O) groups excluding carboxylic acids is 1. The van der Waals surface area contributed by atoms with Crippen LogP contribution in [0.4, 0.5) is 0 Å². The minimum absolute atomic E-state index is 0.206. The Morgan fingerprint density at radius 1 is 1.35 bits per heavy atom. The summed E-state index contributed by atoms with van der Waals surface area (Å²) in [6.07, 6.45) is 2.38. The molecule has 2 nitrogen and oxygen atoms in total. The van der Waals surface area contributed by atoms with E-state index >= 15 is 0 Å². The van der Waals surface area contributed by atoms with Crippen LogP contribution >= 0.6 is 0 Å². The second-order valence-corrected chi connectivity index (χ2v) is 5.25. The molecule has 0 aromatic heterocycles. The van der Waals surface area contributed by atoms with E-state index in [1.807, 2.05) is 24.0 Å². The van der Waals surface area contributed by atoms with Crippen LogP contribution in [0, 0.1) is 19.8 Å². The molecule has 0 N–H and O–H groups in total. The van der Waals surface area contributed by atoms with Gasteiger partial charge in [0.15, 0.2) is 0 Å². The Balaban J connectivity index is 2.22. The Morgan fingerprint density at radius 3 is 2.82 bits per heavy atom. The molecule has 2 heteroatoms. The Morgan fingerprint density at radius 2 is 2.12 bits per heavy atom. The highest BCUT2D eigenvalue weighted by atomic mass is 16.2. The fourth-order valence-corrected chi connectivity index (χ4v) is 2.53. The predicted octanol–water partition coefficient (Wildman–Crippen LogP) is 3.18. The van der Waals surface area contributed by atoms with E-state index in [9.17, 15) is 4.79 Å². The van der Waals surface area contributed by atoms with Gasteiger partial charge in [-0.25, -0.2) is 0 Å². The molecule has 1 heterocycles. The normalized spacial score (nSPS) is 20.4. The van der Waals surface area contributed by atoms with Crippen LogP contribution in [-0.2, 0) is 0 Å². The van der Waals surface area contributed by atoms with Crippen molar-refractivity contribution in [3.8, 4) is 0 Å². The van der Waals surface area contributed by atoms with Crippen LogP contribution < -0.4 is 0 Å². The summed E-state index contributed by atoms with van der Waals surface area (Å²) in [4.78, 5) is 14.5. The average Bonchev–Trinajstić information content (AvgIpc) is 2.32. The van der Waals surface area contributed by atoms with Gasteiger partial charge >= 0.3 is 0 Å². The van der Waals surface area contributed by atoms with E-state index in [1.165, 1.54) is 12.0 Å². The second-order valence-electron chi connectivity index (χ2n) is 5.25. The number of aryl methyl sites for hydroxylation is 1. The number of nitrogens with zero attached hydrogens (tertiary/aromatic N) is 1. The molecule has 1 fully saturated rings. The highest BCUT2D eigenvalue weighted by Gasteiger charge is 2.23. The lowest BCUT2D eigenvalue weighted by Crippen LogP contribution is -2.39. The number of hydrogen-bond acceptors (Lipinski definition) is 1. The maximum absolute atomic E-state index is 12.4. The van der Waals surface area contributed by atoms with E-state index in [1.54, 1.807) is 0 Å². The Bertz CT molecular complexity index is 425. The van der Waals surface area contributed by atoms with Crippen molar-refractivity contribution >= 4 is 5.91 Å². The largest absolute Gasteiger partial charge is 0.338 e. The number of piperidine rings is 1. The first kappa shape index (κ1) is 12.2. The number of hydrogen-bond donors (Lipinski definition) is 0. The van der Waals surface area contributed by atoms with Crippen LogP contribution in [0.15, 0.2) is 18.2 Å². The molecule has 0 spiro atoms. The molecule has 0 radical (unpaired) electrons. The summed E-state index contributed by atoms with van der Waals surface area (Å²) in [5, 5.41) is 0. The monoisotopic (exact) mass is 231 g/mol. The third-order valence-corrected chi connectivity index (χ3v) is 3.78. The number of carbonyl (C=O) groups is 1. The molecular formula is C15H21NO. The van der Waals surface area contributed by atoms with Crippen LogP contribution in [0.25, 0.3) is 0 Å². The highest BCUT2D eigenvalue weighted by molar-refractivity contribution is 5.96. The topological polar surface area (TPSA) is 20.3 Å². The summed E-state index contributed by atoms with van der Waals surface area (Å²) in [5.74, 6) is 0.843. The van der Waals surface area contributed by atoms with Gasteiger partial charge in [-0.2, -0.15) is 0 Å². The maximum atomic E-state index is 12.4. The summed E-state index contributed by atoms with van der Waals surface area (Å²) in [7, 11) is 0. The molecule has 0 aliphatic carbocycles. The van der Waals surface area contributed by atoms with Crippen molar-refractivity contribution in [1.29, 1.82) is 0 Å².